The second-order valence-electron chi connectivity index (χ2n) is 4.17. The van der Waals surface area contributed by atoms with E-state index in [1.54, 1.807) is 11.3 Å². The molecule has 0 unspecified atom stereocenters. The number of fused-ring (bicyclic) bond motifs is 1. The fourth-order valence-corrected chi connectivity index (χ4v) is 3.00. The van der Waals surface area contributed by atoms with Gasteiger partial charge in [-0.15, -0.1) is 11.3 Å². The summed E-state index contributed by atoms with van der Waals surface area (Å²) in [4.78, 5) is 5.53. The smallest absolute Gasteiger partial charge is 0.160 e. The first-order valence-electron chi connectivity index (χ1n) is 5.84. The van der Waals surface area contributed by atoms with Crippen LogP contribution in [0.25, 0.3) is 23.1 Å². The molecule has 0 aliphatic carbocycles. The van der Waals surface area contributed by atoms with Crippen LogP contribution >= 0.6 is 34.5 Å². The fourth-order valence-electron chi connectivity index (χ4n) is 1.86. The van der Waals surface area contributed by atoms with E-state index in [-0.39, 0.29) is 10.8 Å². The van der Waals surface area contributed by atoms with Crippen molar-refractivity contribution in [2.45, 2.75) is 0 Å². The van der Waals surface area contributed by atoms with Gasteiger partial charge in [0.15, 0.2) is 5.75 Å². The zero-order chi connectivity index (χ0) is 14.1. The number of hydrogen-bond donors (Lipinski definition) is 1. The molecule has 3 aromatic rings. The fraction of sp³-hybridized carbons (Fsp3) is 0. The van der Waals surface area contributed by atoms with Crippen LogP contribution in [0.1, 0.15) is 10.6 Å². The van der Waals surface area contributed by atoms with Crippen LogP contribution in [0.4, 0.5) is 0 Å². The van der Waals surface area contributed by atoms with E-state index >= 15 is 0 Å². The Morgan fingerprint density at radius 1 is 1.10 bits per heavy atom. The van der Waals surface area contributed by atoms with Crippen molar-refractivity contribution in [2.24, 2.45) is 0 Å². The lowest BCUT2D eigenvalue weighted by Gasteiger charge is -2.05. The molecule has 0 amide bonds. The molecule has 5 heteroatoms. The third-order valence-electron chi connectivity index (χ3n) is 2.84. The number of halogens is 2. The van der Waals surface area contributed by atoms with Gasteiger partial charge in [-0.1, -0.05) is 29.3 Å². The molecule has 2 nitrogen and oxygen atoms in total. The highest BCUT2D eigenvalue weighted by molar-refractivity contribution is 7.10. The lowest BCUT2D eigenvalue weighted by atomic mass is 10.2. The van der Waals surface area contributed by atoms with E-state index < -0.39 is 0 Å². The largest absolute Gasteiger partial charge is 0.504 e. The molecule has 0 saturated carbocycles. The van der Waals surface area contributed by atoms with Crippen molar-refractivity contribution < 1.29 is 5.11 Å². The molecule has 0 fully saturated rings. The van der Waals surface area contributed by atoms with Gasteiger partial charge in [-0.2, -0.15) is 0 Å². The average Bonchev–Trinajstić information content (AvgIpc) is 2.96. The summed E-state index contributed by atoms with van der Waals surface area (Å²) in [5.41, 5.74) is 1.15. The van der Waals surface area contributed by atoms with Crippen molar-refractivity contribution in [3.8, 4) is 5.75 Å². The average molecular weight is 322 g/mol. The Bertz CT molecular complexity index is 797. The topological polar surface area (TPSA) is 33.1 Å². The Balaban J connectivity index is 2.08. The number of phenolic OH excluding ortho intramolecular Hbond substituents is 1. The Labute approximate surface area is 129 Å². The normalized spacial score (nSPS) is 11.5. The van der Waals surface area contributed by atoms with E-state index in [1.165, 1.54) is 6.07 Å². The van der Waals surface area contributed by atoms with Gasteiger partial charge in [0.05, 0.1) is 15.7 Å². The van der Waals surface area contributed by atoms with Gasteiger partial charge in [0.2, 0.25) is 0 Å². The first-order valence-corrected chi connectivity index (χ1v) is 7.48. The summed E-state index contributed by atoms with van der Waals surface area (Å²) in [6, 6.07) is 9.21. The van der Waals surface area contributed by atoms with Gasteiger partial charge in [-0.25, -0.2) is 4.98 Å². The number of rotatable bonds is 2. The number of phenols is 1. The molecular formula is C15H9Cl2NOS. The lowest BCUT2D eigenvalue weighted by molar-refractivity contribution is 0.480. The zero-order valence-corrected chi connectivity index (χ0v) is 12.5. The summed E-state index contributed by atoms with van der Waals surface area (Å²) in [6.45, 7) is 0. The van der Waals surface area contributed by atoms with Crippen molar-refractivity contribution in [2.75, 3.05) is 0 Å². The van der Waals surface area contributed by atoms with E-state index in [0.717, 1.165) is 10.6 Å². The maximum atomic E-state index is 9.98. The maximum absolute atomic E-state index is 9.98. The molecule has 0 aliphatic rings. The van der Waals surface area contributed by atoms with Gasteiger partial charge in [0.1, 0.15) is 5.52 Å². The lowest BCUT2D eigenvalue weighted by Crippen LogP contribution is -1.86. The molecule has 1 N–H and O–H groups in total. The number of aromatic hydroxyl groups is 1. The SMILES string of the molecule is Oc1c(Cl)cc(Cl)c2ccc(C=Cc3cccs3)nc12. The molecule has 0 spiro atoms. The third-order valence-corrected chi connectivity index (χ3v) is 4.28. The van der Waals surface area contributed by atoms with Gasteiger partial charge >= 0.3 is 0 Å². The second-order valence-corrected chi connectivity index (χ2v) is 5.96. The molecule has 100 valence electrons. The van der Waals surface area contributed by atoms with Crippen molar-refractivity contribution >= 4 is 57.6 Å². The number of pyridine rings is 1. The van der Waals surface area contributed by atoms with Gasteiger partial charge in [-0.05, 0) is 41.8 Å². The van der Waals surface area contributed by atoms with E-state index in [0.29, 0.717) is 15.9 Å². The van der Waals surface area contributed by atoms with Crippen molar-refractivity contribution in [3.05, 3.63) is 56.3 Å². The monoisotopic (exact) mass is 321 g/mol. The van der Waals surface area contributed by atoms with Crippen LogP contribution < -0.4 is 0 Å². The van der Waals surface area contributed by atoms with Crippen molar-refractivity contribution in [1.29, 1.82) is 0 Å². The highest BCUT2D eigenvalue weighted by Gasteiger charge is 2.10. The molecule has 0 saturated heterocycles. The van der Waals surface area contributed by atoms with Crippen molar-refractivity contribution in [1.82, 2.24) is 4.98 Å². The van der Waals surface area contributed by atoms with Gasteiger partial charge in [-0.3, -0.25) is 0 Å². The standard InChI is InChI=1S/C15H9Cl2NOS/c16-12-8-13(17)15(19)14-11(12)6-4-9(18-14)3-5-10-2-1-7-20-10/h1-8,19H. The molecule has 20 heavy (non-hydrogen) atoms. The van der Waals surface area contributed by atoms with Gasteiger partial charge in [0.25, 0.3) is 0 Å². The number of aromatic nitrogens is 1. The Kier molecular flexibility index (Phi) is 3.66. The third kappa shape index (κ3) is 2.52. The first kappa shape index (κ1) is 13.4. The molecule has 1 aromatic carbocycles. The molecule has 2 heterocycles. The number of benzene rings is 1. The number of hydrogen-bond acceptors (Lipinski definition) is 3. The predicted molar refractivity (Wildman–Crippen MR) is 86.7 cm³/mol. The molecule has 0 atom stereocenters. The summed E-state index contributed by atoms with van der Waals surface area (Å²) in [7, 11) is 0. The maximum Gasteiger partial charge on any atom is 0.160 e. The Morgan fingerprint density at radius 2 is 1.95 bits per heavy atom. The molecule has 0 radical (unpaired) electrons. The minimum absolute atomic E-state index is 0.0440. The molecule has 0 bridgehead atoms. The quantitative estimate of drug-likeness (QED) is 0.678. The van der Waals surface area contributed by atoms with Crippen LogP contribution in [0.3, 0.4) is 0 Å². The molecule has 3 rings (SSSR count). The minimum atomic E-state index is -0.0440. The van der Waals surface area contributed by atoms with E-state index in [4.69, 9.17) is 23.2 Å². The van der Waals surface area contributed by atoms with Crippen LogP contribution in [0.5, 0.6) is 5.75 Å². The van der Waals surface area contributed by atoms with Crippen LogP contribution in [-0.4, -0.2) is 10.1 Å². The van der Waals surface area contributed by atoms with E-state index in [9.17, 15) is 5.11 Å². The van der Waals surface area contributed by atoms with Gasteiger partial charge < -0.3 is 5.11 Å². The zero-order valence-electron chi connectivity index (χ0n) is 10.2. The number of thiophene rings is 1. The Morgan fingerprint density at radius 3 is 2.70 bits per heavy atom. The molecule has 0 aliphatic heterocycles. The van der Waals surface area contributed by atoms with Crippen LogP contribution in [0.15, 0.2) is 35.7 Å². The predicted octanol–water partition coefficient (Wildman–Crippen LogP) is 5.48. The summed E-state index contributed by atoms with van der Waals surface area (Å²) in [6.07, 6.45) is 3.86. The number of nitrogens with zero attached hydrogens (tertiary/aromatic N) is 1. The summed E-state index contributed by atoms with van der Waals surface area (Å²) in [5.74, 6) is -0.0440. The van der Waals surface area contributed by atoms with Crippen molar-refractivity contribution in [3.63, 3.8) is 0 Å². The summed E-state index contributed by atoms with van der Waals surface area (Å²) >= 11 is 13.7. The summed E-state index contributed by atoms with van der Waals surface area (Å²) in [5, 5.41) is 13.4. The van der Waals surface area contributed by atoms with Crippen LogP contribution in [0, 0.1) is 0 Å². The van der Waals surface area contributed by atoms with Crippen LogP contribution in [-0.2, 0) is 0 Å². The van der Waals surface area contributed by atoms with Crippen LogP contribution in [0.2, 0.25) is 10.0 Å². The Hall–Kier alpha value is -1.55. The summed E-state index contributed by atoms with van der Waals surface area (Å²) < 4.78 is 0. The molecule has 2 aromatic heterocycles. The minimum Gasteiger partial charge on any atom is -0.504 e. The highest BCUT2D eigenvalue weighted by atomic mass is 35.5. The second kappa shape index (κ2) is 5.44. The first-order chi connectivity index (χ1) is 9.65. The highest BCUT2D eigenvalue weighted by Crippen LogP contribution is 2.36. The molecular weight excluding hydrogens is 313 g/mol. The van der Waals surface area contributed by atoms with Gasteiger partial charge in [0, 0.05) is 10.3 Å². The van der Waals surface area contributed by atoms with E-state index in [1.807, 2.05) is 41.8 Å². The van der Waals surface area contributed by atoms with E-state index in [2.05, 4.69) is 4.98 Å².